The normalized spacial score (nSPS) is 16.7. The van der Waals surface area contributed by atoms with Gasteiger partial charge in [-0.05, 0) is 30.5 Å². The van der Waals surface area contributed by atoms with Crippen LogP contribution in [0.3, 0.4) is 0 Å². The smallest absolute Gasteiger partial charge is 0.0595 e. The minimum Gasteiger partial charge on any atom is -0.377 e. The maximum Gasteiger partial charge on any atom is 0.0595 e. The van der Waals surface area contributed by atoms with Gasteiger partial charge < -0.3 is 10.1 Å². The van der Waals surface area contributed by atoms with Gasteiger partial charge in [0.05, 0.1) is 22.8 Å². The SMILES string of the molecule is Clc1ccc(CNCCOC2CCCCC2)cc1Cl. The lowest BCUT2D eigenvalue weighted by Gasteiger charge is -2.22. The summed E-state index contributed by atoms with van der Waals surface area (Å²) in [6, 6.07) is 5.72. The lowest BCUT2D eigenvalue weighted by molar-refractivity contribution is 0.0302. The first kappa shape index (κ1) is 15.1. The van der Waals surface area contributed by atoms with Crippen LogP contribution in [0.2, 0.25) is 10.0 Å². The maximum atomic E-state index is 5.97. The van der Waals surface area contributed by atoms with Gasteiger partial charge in [0.25, 0.3) is 0 Å². The zero-order valence-electron chi connectivity index (χ0n) is 11.1. The number of hydrogen-bond acceptors (Lipinski definition) is 2. The van der Waals surface area contributed by atoms with E-state index in [0.29, 0.717) is 16.1 Å². The lowest BCUT2D eigenvalue weighted by atomic mass is 9.98. The van der Waals surface area contributed by atoms with Crippen LogP contribution in [-0.4, -0.2) is 19.3 Å². The third kappa shape index (κ3) is 5.31. The molecule has 2 rings (SSSR count). The maximum absolute atomic E-state index is 5.97. The highest BCUT2D eigenvalue weighted by Crippen LogP contribution is 2.22. The predicted octanol–water partition coefficient (Wildman–Crippen LogP) is 4.43. The van der Waals surface area contributed by atoms with E-state index >= 15 is 0 Å². The van der Waals surface area contributed by atoms with Gasteiger partial charge in [-0.15, -0.1) is 0 Å². The molecule has 106 valence electrons. The molecule has 4 heteroatoms. The van der Waals surface area contributed by atoms with Crippen molar-refractivity contribution in [2.24, 2.45) is 0 Å². The van der Waals surface area contributed by atoms with Gasteiger partial charge in [-0.25, -0.2) is 0 Å². The van der Waals surface area contributed by atoms with E-state index in [1.54, 1.807) is 0 Å². The first-order valence-electron chi connectivity index (χ1n) is 7.02. The Morgan fingerprint density at radius 1 is 1.11 bits per heavy atom. The van der Waals surface area contributed by atoms with Crippen molar-refractivity contribution >= 4 is 23.2 Å². The van der Waals surface area contributed by atoms with Crippen LogP contribution in [0.25, 0.3) is 0 Å². The molecular weight excluding hydrogens is 281 g/mol. The molecular formula is C15H21Cl2NO. The van der Waals surface area contributed by atoms with Crippen molar-refractivity contribution in [3.05, 3.63) is 33.8 Å². The van der Waals surface area contributed by atoms with Crippen LogP contribution in [0.5, 0.6) is 0 Å². The Morgan fingerprint density at radius 2 is 1.89 bits per heavy atom. The molecule has 0 bridgehead atoms. The summed E-state index contributed by atoms with van der Waals surface area (Å²) in [6.45, 7) is 2.45. The topological polar surface area (TPSA) is 21.3 Å². The predicted molar refractivity (Wildman–Crippen MR) is 81.0 cm³/mol. The summed E-state index contributed by atoms with van der Waals surface area (Å²) in [6.07, 6.45) is 6.96. The Kier molecular flexibility index (Phi) is 6.45. The fourth-order valence-corrected chi connectivity index (χ4v) is 2.73. The second-order valence-electron chi connectivity index (χ2n) is 5.06. The summed E-state index contributed by atoms with van der Waals surface area (Å²) < 4.78 is 5.85. The third-order valence-electron chi connectivity index (χ3n) is 3.50. The molecule has 0 aliphatic heterocycles. The Morgan fingerprint density at radius 3 is 2.63 bits per heavy atom. The molecule has 0 atom stereocenters. The number of rotatable bonds is 6. The Hall–Kier alpha value is -0.280. The van der Waals surface area contributed by atoms with E-state index in [9.17, 15) is 0 Å². The number of ether oxygens (including phenoxy) is 1. The molecule has 1 saturated carbocycles. The van der Waals surface area contributed by atoms with Crippen molar-refractivity contribution < 1.29 is 4.74 Å². The Labute approximate surface area is 125 Å². The molecule has 1 N–H and O–H groups in total. The summed E-state index contributed by atoms with van der Waals surface area (Å²) in [7, 11) is 0. The van der Waals surface area contributed by atoms with E-state index in [1.807, 2.05) is 18.2 Å². The van der Waals surface area contributed by atoms with Crippen LogP contribution in [0.15, 0.2) is 18.2 Å². The second-order valence-corrected chi connectivity index (χ2v) is 5.87. The summed E-state index contributed by atoms with van der Waals surface area (Å²) in [5.74, 6) is 0. The van der Waals surface area contributed by atoms with Crippen molar-refractivity contribution in [2.75, 3.05) is 13.2 Å². The monoisotopic (exact) mass is 301 g/mol. The molecule has 19 heavy (non-hydrogen) atoms. The second kappa shape index (κ2) is 8.11. The highest BCUT2D eigenvalue weighted by Gasteiger charge is 2.12. The minimum atomic E-state index is 0.487. The van der Waals surface area contributed by atoms with Gasteiger partial charge in [0, 0.05) is 13.1 Å². The Balaban J connectivity index is 1.59. The van der Waals surface area contributed by atoms with E-state index in [-0.39, 0.29) is 0 Å². The molecule has 0 aromatic heterocycles. The fourth-order valence-electron chi connectivity index (χ4n) is 2.41. The van der Waals surface area contributed by atoms with Gasteiger partial charge >= 0.3 is 0 Å². The van der Waals surface area contributed by atoms with Crippen molar-refractivity contribution in [3.8, 4) is 0 Å². The highest BCUT2D eigenvalue weighted by atomic mass is 35.5. The van der Waals surface area contributed by atoms with Crippen molar-refractivity contribution in [1.29, 1.82) is 0 Å². The summed E-state index contributed by atoms with van der Waals surface area (Å²) in [5.41, 5.74) is 1.15. The summed E-state index contributed by atoms with van der Waals surface area (Å²) in [5, 5.41) is 4.57. The van der Waals surface area contributed by atoms with E-state index in [1.165, 1.54) is 32.1 Å². The molecule has 1 aromatic carbocycles. The van der Waals surface area contributed by atoms with E-state index in [4.69, 9.17) is 27.9 Å². The minimum absolute atomic E-state index is 0.487. The molecule has 1 aliphatic carbocycles. The van der Waals surface area contributed by atoms with Gasteiger partial charge in [-0.1, -0.05) is 48.5 Å². The van der Waals surface area contributed by atoms with Crippen LogP contribution in [0.4, 0.5) is 0 Å². The van der Waals surface area contributed by atoms with Crippen LogP contribution < -0.4 is 5.32 Å². The van der Waals surface area contributed by atoms with E-state index in [2.05, 4.69) is 5.32 Å². The van der Waals surface area contributed by atoms with Crippen molar-refractivity contribution in [3.63, 3.8) is 0 Å². The van der Waals surface area contributed by atoms with Crippen LogP contribution in [0.1, 0.15) is 37.7 Å². The van der Waals surface area contributed by atoms with E-state index < -0.39 is 0 Å². The van der Waals surface area contributed by atoms with Gasteiger partial charge in [-0.2, -0.15) is 0 Å². The standard InChI is InChI=1S/C15H21Cl2NO/c16-14-7-6-12(10-15(14)17)11-18-8-9-19-13-4-2-1-3-5-13/h6-7,10,13,18H,1-5,8-9,11H2. The molecule has 1 aromatic rings. The van der Waals surface area contributed by atoms with Crippen LogP contribution >= 0.6 is 23.2 Å². The zero-order chi connectivity index (χ0) is 13.5. The molecule has 0 unspecified atom stereocenters. The van der Waals surface area contributed by atoms with Gasteiger partial charge in [0.2, 0.25) is 0 Å². The fraction of sp³-hybridized carbons (Fsp3) is 0.600. The molecule has 0 spiro atoms. The molecule has 0 radical (unpaired) electrons. The average molecular weight is 302 g/mol. The lowest BCUT2D eigenvalue weighted by Crippen LogP contribution is -2.24. The van der Waals surface area contributed by atoms with Crippen molar-refractivity contribution in [1.82, 2.24) is 5.32 Å². The molecule has 1 aliphatic rings. The number of halogens is 2. The average Bonchev–Trinajstić information content (AvgIpc) is 2.43. The first-order chi connectivity index (χ1) is 9.25. The highest BCUT2D eigenvalue weighted by molar-refractivity contribution is 6.42. The third-order valence-corrected chi connectivity index (χ3v) is 4.24. The van der Waals surface area contributed by atoms with Gasteiger partial charge in [0.1, 0.15) is 0 Å². The number of benzene rings is 1. The number of nitrogens with one attached hydrogen (secondary N) is 1. The number of hydrogen-bond donors (Lipinski definition) is 1. The molecule has 0 heterocycles. The largest absolute Gasteiger partial charge is 0.377 e. The quantitative estimate of drug-likeness (QED) is 0.785. The molecule has 2 nitrogen and oxygen atoms in total. The van der Waals surface area contributed by atoms with Crippen molar-refractivity contribution in [2.45, 2.75) is 44.8 Å². The molecule has 0 saturated heterocycles. The summed E-state index contributed by atoms with van der Waals surface area (Å²) >= 11 is 11.8. The molecule has 0 amide bonds. The zero-order valence-corrected chi connectivity index (χ0v) is 12.6. The van der Waals surface area contributed by atoms with Gasteiger partial charge in [0.15, 0.2) is 0 Å². The van der Waals surface area contributed by atoms with Gasteiger partial charge in [-0.3, -0.25) is 0 Å². The first-order valence-corrected chi connectivity index (χ1v) is 7.77. The van der Waals surface area contributed by atoms with Crippen LogP contribution in [0, 0.1) is 0 Å². The molecule has 1 fully saturated rings. The summed E-state index contributed by atoms with van der Waals surface area (Å²) in [4.78, 5) is 0. The Bertz CT molecular complexity index is 392. The van der Waals surface area contributed by atoms with Crippen LogP contribution in [-0.2, 0) is 11.3 Å². The van der Waals surface area contributed by atoms with E-state index in [0.717, 1.165) is 25.3 Å².